The van der Waals surface area contributed by atoms with Crippen LogP contribution in [-0.4, -0.2) is 0 Å². The molecule has 0 aliphatic rings. The van der Waals surface area contributed by atoms with Crippen LogP contribution in [0.15, 0.2) is 36.4 Å². The molecular formula is C16H12N2O. The first-order chi connectivity index (χ1) is 9.13. The number of ether oxygens (including phenoxy) is 1. The van der Waals surface area contributed by atoms with E-state index in [9.17, 15) is 0 Å². The molecule has 2 aromatic carbocycles. The maximum atomic E-state index is 8.94. The van der Waals surface area contributed by atoms with E-state index in [1.807, 2.05) is 44.2 Å². The van der Waals surface area contributed by atoms with E-state index in [4.69, 9.17) is 15.3 Å². The molecule has 0 bridgehead atoms. The second-order valence-corrected chi connectivity index (χ2v) is 4.29. The van der Waals surface area contributed by atoms with Crippen LogP contribution in [0.2, 0.25) is 0 Å². The number of nitriles is 2. The van der Waals surface area contributed by atoms with Crippen molar-refractivity contribution in [2.24, 2.45) is 0 Å². The summed E-state index contributed by atoms with van der Waals surface area (Å²) in [6, 6.07) is 14.7. The maximum absolute atomic E-state index is 8.94. The van der Waals surface area contributed by atoms with E-state index in [-0.39, 0.29) is 0 Å². The normalized spacial score (nSPS) is 9.47. The Morgan fingerprint density at radius 2 is 1.42 bits per heavy atom. The minimum atomic E-state index is 0.417. The summed E-state index contributed by atoms with van der Waals surface area (Å²) in [5.41, 5.74) is 2.86. The minimum Gasteiger partial charge on any atom is -0.457 e. The first kappa shape index (κ1) is 12.7. The molecule has 0 radical (unpaired) electrons. The van der Waals surface area contributed by atoms with Crippen LogP contribution < -0.4 is 4.74 Å². The Balaban J connectivity index is 2.45. The minimum absolute atomic E-state index is 0.417. The molecule has 0 saturated carbocycles. The summed E-state index contributed by atoms with van der Waals surface area (Å²) in [4.78, 5) is 0. The molecule has 0 N–H and O–H groups in total. The summed E-state index contributed by atoms with van der Waals surface area (Å²) in [6.07, 6.45) is 0. The lowest BCUT2D eigenvalue weighted by Gasteiger charge is -2.11. The number of rotatable bonds is 2. The lowest BCUT2D eigenvalue weighted by Crippen LogP contribution is -1.92. The van der Waals surface area contributed by atoms with Crippen molar-refractivity contribution in [3.63, 3.8) is 0 Å². The van der Waals surface area contributed by atoms with Gasteiger partial charge >= 0.3 is 0 Å². The molecular weight excluding hydrogens is 236 g/mol. The van der Waals surface area contributed by atoms with Gasteiger partial charge in [-0.05, 0) is 43.2 Å². The average Bonchev–Trinajstić information content (AvgIpc) is 2.42. The Kier molecular flexibility index (Phi) is 3.50. The van der Waals surface area contributed by atoms with E-state index in [1.54, 1.807) is 12.1 Å². The fourth-order valence-corrected chi connectivity index (χ4v) is 1.87. The van der Waals surface area contributed by atoms with E-state index in [2.05, 4.69) is 0 Å². The maximum Gasteiger partial charge on any atom is 0.133 e. The number of hydrogen-bond donors (Lipinski definition) is 0. The molecule has 0 atom stereocenters. The standard InChI is InChI=1S/C16H12N2O/c1-11-4-3-5-12(2)16(11)19-15-7-13(9-17)6-14(8-15)10-18/h3-8H,1-2H3. The van der Waals surface area contributed by atoms with Gasteiger partial charge in [-0.2, -0.15) is 10.5 Å². The predicted molar refractivity (Wildman–Crippen MR) is 71.9 cm³/mol. The number of aryl methyl sites for hydroxylation is 2. The molecule has 0 aliphatic carbocycles. The summed E-state index contributed by atoms with van der Waals surface area (Å²) in [5.74, 6) is 1.27. The Labute approximate surface area is 112 Å². The van der Waals surface area contributed by atoms with Gasteiger partial charge in [0.25, 0.3) is 0 Å². The van der Waals surface area contributed by atoms with Crippen LogP contribution in [0, 0.1) is 36.5 Å². The molecule has 0 aliphatic heterocycles. The van der Waals surface area contributed by atoms with Crippen LogP contribution in [-0.2, 0) is 0 Å². The molecule has 0 saturated heterocycles. The quantitative estimate of drug-likeness (QED) is 0.811. The van der Waals surface area contributed by atoms with Crippen LogP contribution in [0.3, 0.4) is 0 Å². The van der Waals surface area contributed by atoms with Crippen molar-refractivity contribution in [3.8, 4) is 23.6 Å². The van der Waals surface area contributed by atoms with E-state index in [0.29, 0.717) is 16.9 Å². The van der Waals surface area contributed by atoms with Crippen LogP contribution in [0.25, 0.3) is 0 Å². The van der Waals surface area contributed by atoms with Crippen LogP contribution >= 0.6 is 0 Å². The lowest BCUT2D eigenvalue weighted by atomic mass is 10.1. The molecule has 19 heavy (non-hydrogen) atoms. The Morgan fingerprint density at radius 1 is 0.895 bits per heavy atom. The fraction of sp³-hybridized carbons (Fsp3) is 0.125. The largest absolute Gasteiger partial charge is 0.457 e. The fourth-order valence-electron chi connectivity index (χ4n) is 1.87. The van der Waals surface area contributed by atoms with Crippen molar-refractivity contribution in [2.45, 2.75) is 13.8 Å². The molecule has 0 heterocycles. The molecule has 2 rings (SSSR count). The number of nitrogens with zero attached hydrogens (tertiary/aromatic N) is 2. The van der Waals surface area contributed by atoms with E-state index >= 15 is 0 Å². The molecule has 3 heteroatoms. The summed E-state index contributed by atoms with van der Waals surface area (Å²) in [5, 5.41) is 17.9. The van der Waals surface area contributed by atoms with E-state index in [1.165, 1.54) is 6.07 Å². The Morgan fingerprint density at radius 3 is 1.89 bits per heavy atom. The average molecular weight is 248 g/mol. The zero-order valence-corrected chi connectivity index (χ0v) is 10.8. The van der Waals surface area contributed by atoms with Gasteiger partial charge in [-0.1, -0.05) is 18.2 Å². The van der Waals surface area contributed by atoms with Crippen molar-refractivity contribution in [2.75, 3.05) is 0 Å². The van der Waals surface area contributed by atoms with Gasteiger partial charge in [0.15, 0.2) is 0 Å². The lowest BCUT2D eigenvalue weighted by molar-refractivity contribution is 0.475. The van der Waals surface area contributed by atoms with Gasteiger partial charge in [-0.3, -0.25) is 0 Å². The molecule has 2 aromatic rings. The monoisotopic (exact) mass is 248 g/mol. The third-order valence-electron chi connectivity index (χ3n) is 2.79. The van der Waals surface area contributed by atoms with Gasteiger partial charge < -0.3 is 4.74 Å². The predicted octanol–water partition coefficient (Wildman–Crippen LogP) is 3.84. The summed E-state index contributed by atoms with van der Waals surface area (Å²) < 4.78 is 5.82. The SMILES string of the molecule is Cc1cccc(C)c1Oc1cc(C#N)cc(C#N)c1. The molecule has 0 unspecified atom stereocenters. The van der Waals surface area contributed by atoms with Gasteiger partial charge in [0.2, 0.25) is 0 Å². The highest BCUT2D eigenvalue weighted by Crippen LogP contribution is 2.29. The first-order valence-electron chi connectivity index (χ1n) is 5.83. The molecule has 0 fully saturated rings. The van der Waals surface area contributed by atoms with Gasteiger partial charge in [-0.25, -0.2) is 0 Å². The van der Waals surface area contributed by atoms with Crippen LogP contribution in [0.5, 0.6) is 11.5 Å². The highest BCUT2D eigenvalue weighted by Gasteiger charge is 2.07. The Bertz CT molecular complexity index is 653. The molecule has 0 amide bonds. The van der Waals surface area contributed by atoms with Crippen molar-refractivity contribution in [3.05, 3.63) is 58.7 Å². The van der Waals surface area contributed by atoms with E-state index < -0.39 is 0 Å². The second kappa shape index (κ2) is 5.25. The molecule has 3 nitrogen and oxygen atoms in total. The topological polar surface area (TPSA) is 56.8 Å². The van der Waals surface area contributed by atoms with Crippen molar-refractivity contribution >= 4 is 0 Å². The molecule has 0 spiro atoms. The van der Waals surface area contributed by atoms with E-state index in [0.717, 1.165) is 16.9 Å². The number of hydrogen-bond acceptors (Lipinski definition) is 3. The van der Waals surface area contributed by atoms with Crippen LogP contribution in [0.1, 0.15) is 22.3 Å². The van der Waals surface area contributed by atoms with Gasteiger partial charge in [0.05, 0.1) is 23.3 Å². The van der Waals surface area contributed by atoms with Gasteiger partial charge in [0, 0.05) is 0 Å². The zero-order chi connectivity index (χ0) is 13.8. The smallest absolute Gasteiger partial charge is 0.133 e. The third-order valence-corrected chi connectivity index (χ3v) is 2.79. The van der Waals surface area contributed by atoms with Crippen LogP contribution in [0.4, 0.5) is 0 Å². The first-order valence-corrected chi connectivity index (χ1v) is 5.83. The van der Waals surface area contributed by atoms with Crippen molar-refractivity contribution < 1.29 is 4.74 Å². The molecule has 0 aromatic heterocycles. The summed E-state index contributed by atoms with van der Waals surface area (Å²) in [7, 11) is 0. The highest BCUT2D eigenvalue weighted by atomic mass is 16.5. The number of para-hydroxylation sites is 1. The summed E-state index contributed by atoms with van der Waals surface area (Å²) in [6.45, 7) is 3.92. The Hall–Kier alpha value is -2.78. The van der Waals surface area contributed by atoms with Crippen molar-refractivity contribution in [1.29, 1.82) is 10.5 Å². The highest BCUT2D eigenvalue weighted by molar-refractivity contribution is 5.49. The van der Waals surface area contributed by atoms with Crippen molar-refractivity contribution in [1.82, 2.24) is 0 Å². The zero-order valence-electron chi connectivity index (χ0n) is 10.8. The van der Waals surface area contributed by atoms with Gasteiger partial charge in [0.1, 0.15) is 11.5 Å². The summed E-state index contributed by atoms with van der Waals surface area (Å²) >= 11 is 0. The third kappa shape index (κ3) is 2.73. The second-order valence-electron chi connectivity index (χ2n) is 4.29. The van der Waals surface area contributed by atoms with Gasteiger partial charge in [-0.15, -0.1) is 0 Å². The number of benzene rings is 2. The molecule has 92 valence electrons.